The molecule has 3 fully saturated rings. The van der Waals surface area contributed by atoms with E-state index in [2.05, 4.69) is 5.32 Å². The number of piperidine rings is 1. The Morgan fingerprint density at radius 2 is 2.14 bits per heavy atom. The van der Waals surface area contributed by atoms with Crippen molar-refractivity contribution >= 4 is 17.5 Å². The maximum absolute atomic E-state index is 12.6. The summed E-state index contributed by atoms with van der Waals surface area (Å²) in [7, 11) is 0. The molecule has 0 aromatic rings. The number of Topliss-reactive ketones (excluding diaryl/α,β-unsaturated/α-hetero) is 1. The lowest BCUT2D eigenvalue weighted by Crippen LogP contribution is -2.44. The smallest absolute Gasteiger partial charge is 0.136 e. The van der Waals surface area contributed by atoms with Gasteiger partial charge in [0.25, 0.3) is 0 Å². The molecule has 3 nitrogen and oxygen atoms in total. The Hall–Kier alpha value is -0.0600. The van der Waals surface area contributed by atoms with Gasteiger partial charge in [0.2, 0.25) is 0 Å². The van der Waals surface area contributed by atoms with Crippen LogP contribution in [0.4, 0.5) is 0 Å². The van der Waals surface area contributed by atoms with E-state index in [9.17, 15) is 4.79 Å². The van der Waals surface area contributed by atoms with Gasteiger partial charge >= 0.3 is 0 Å². The van der Waals surface area contributed by atoms with Crippen molar-refractivity contribution in [3.63, 3.8) is 0 Å². The van der Waals surface area contributed by atoms with E-state index in [4.69, 9.17) is 4.74 Å². The normalized spacial score (nSPS) is 33.0. The van der Waals surface area contributed by atoms with Gasteiger partial charge in [-0.2, -0.15) is 11.8 Å². The first-order valence-corrected chi connectivity index (χ1v) is 9.88. The fraction of sp³-hybridized carbons (Fsp3) is 0.941. The molecule has 21 heavy (non-hydrogen) atoms. The van der Waals surface area contributed by atoms with Gasteiger partial charge in [-0.15, -0.1) is 0 Å². The standard InChI is InChI=1S/C17H29NO2S/c19-16(4-3-14-2-1-8-18-13-14)15-5-9-20-17(12-15)6-10-21-11-7-17/h14-15,18H,1-13H2. The fourth-order valence-corrected chi connectivity index (χ4v) is 5.35. The van der Waals surface area contributed by atoms with Crippen molar-refractivity contribution in [2.45, 2.75) is 57.0 Å². The van der Waals surface area contributed by atoms with Gasteiger partial charge in [-0.1, -0.05) is 0 Å². The second-order valence-corrected chi connectivity index (χ2v) is 8.28. The molecule has 3 rings (SSSR count). The van der Waals surface area contributed by atoms with Crippen LogP contribution in [0.5, 0.6) is 0 Å². The van der Waals surface area contributed by atoms with Crippen LogP contribution in [-0.4, -0.2) is 42.6 Å². The molecule has 0 aromatic carbocycles. The minimum atomic E-state index is 0.0518. The van der Waals surface area contributed by atoms with Crippen LogP contribution in [0.3, 0.4) is 0 Å². The number of carbonyl (C=O) groups is 1. The molecule has 0 radical (unpaired) electrons. The maximum atomic E-state index is 12.6. The van der Waals surface area contributed by atoms with Gasteiger partial charge in [0, 0.05) is 18.9 Å². The van der Waals surface area contributed by atoms with Crippen molar-refractivity contribution in [3.8, 4) is 0 Å². The van der Waals surface area contributed by atoms with Crippen molar-refractivity contribution in [2.75, 3.05) is 31.2 Å². The molecule has 0 amide bonds. The molecular formula is C17H29NO2S. The zero-order valence-electron chi connectivity index (χ0n) is 13.1. The molecule has 0 saturated carbocycles. The molecule has 120 valence electrons. The molecule has 2 unspecified atom stereocenters. The quantitative estimate of drug-likeness (QED) is 0.866. The van der Waals surface area contributed by atoms with E-state index in [1.165, 1.54) is 24.3 Å². The number of hydrogen-bond acceptors (Lipinski definition) is 4. The van der Waals surface area contributed by atoms with E-state index < -0.39 is 0 Å². The number of thioether (sulfide) groups is 1. The second kappa shape index (κ2) is 7.47. The van der Waals surface area contributed by atoms with E-state index in [1.54, 1.807) is 0 Å². The molecule has 3 heterocycles. The molecule has 3 aliphatic heterocycles. The molecule has 1 N–H and O–H groups in total. The van der Waals surface area contributed by atoms with E-state index in [0.29, 0.717) is 5.78 Å². The van der Waals surface area contributed by atoms with Gasteiger partial charge in [-0.25, -0.2) is 0 Å². The number of rotatable bonds is 4. The van der Waals surface area contributed by atoms with Gasteiger partial charge in [0.1, 0.15) is 5.78 Å². The third-order valence-electron chi connectivity index (χ3n) is 5.55. The molecule has 4 heteroatoms. The number of ketones is 1. The first kappa shape index (κ1) is 15.8. The Kier molecular flexibility index (Phi) is 5.63. The Morgan fingerprint density at radius 3 is 2.90 bits per heavy atom. The third-order valence-corrected chi connectivity index (χ3v) is 6.54. The summed E-state index contributed by atoms with van der Waals surface area (Å²) in [4.78, 5) is 12.6. The van der Waals surface area contributed by atoms with Crippen LogP contribution in [0.2, 0.25) is 0 Å². The van der Waals surface area contributed by atoms with Crippen molar-refractivity contribution in [1.29, 1.82) is 0 Å². The van der Waals surface area contributed by atoms with E-state index in [-0.39, 0.29) is 11.5 Å². The summed E-state index contributed by atoms with van der Waals surface area (Å²) < 4.78 is 6.11. The van der Waals surface area contributed by atoms with Gasteiger partial charge in [-0.3, -0.25) is 4.79 Å². The molecule has 3 saturated heterocycles. The second-order valence-electron chi connectivity index (χ2n) is 7.05. The van der Waals surface area contributed by atoms with Crippen LogP contribution in [0.1, 0.15) is 51.4 Å². The third kappa shape index (κ3) is 4.23. The average molecular weight is 311 g/mol. The monoisotopic (exact) mass is 311 g/mol. The summed E-state index contributed by atoms with van der Waals surface area (Å²) in [6.07, 6.45) is 8.70. The molecule has 1 spiro atoms. The average Bonchev–Trinajstić information content (AvgIpc) is 2.54. The summed E-state index contributed by atoms with van der Waals surface area (Å²) >= 11 is 2.03. The van der Waals surface area contributed by atoms with E-state index in [0.717, 1.165) is 64.1 Å². The van der Waals surface area contributed by atoms with E-state index >= 15 is 0 Å². The molecular weight excluding hydrogens is 282 g/mol. The summed E-state index contributed by atoms with van der Waals surface area (Å²) in [5.41, 5.74) is 0.0518. The summed E-state index contributed by atoms with van der Waals surface area (Å²) in [5, 5.41) is 3.45. The highest BCUT2D eigenvalue weighted by molar-refractivity contribution is 7.99. The largest absolute Gasteiger partial charge is 0.375 e. The van der Waals surface area contributed by atoms with E-state index in [1.807, 2.05) is 11.8 Å². The highest BCUT2D eigenvalue weighted by Gasteiger charge is 2.40. The summed E-state index contributed by atoms with van der Waals surface area (Å²) in [5.74, 6) is 3.92. The molecule has 2 atom stereocenters. The van der Waals surface area contributed by atoms with Crippen molar-refractivity contribution in [2.24, 2.45) is 11.8 Å². The number of nitrogens with one attached hydrogen (secondary N) is 1. The fourth-order valence-electron chi connectivity index (χ4n) is 4.12. The molecule has 0 bridgehead atoms. The Balaban J connectivity index is 1.47. The Labute approximate surface area is 133 Å². The van der Waals surface area contributed by atoms with Crippen molar-refractivity contribution in [3.05, 3.63) is 0 Å². The Morgan fingerprint density at radius 1 is 1.29 bits per heavy atom. The molecule has 0 aromatic heterocycles. The lowest BCUT2D eigenvalue weighted by molar-refractivity contribution is -0.138. The predicted octanol–water partition coefficient (Wildman–Crippen LogP) is 3.03. The minimum absolute atomic E-state index is 0.0518. The van der Waals surface area contributed by atoms with Crippen LogP contribution in [0.25, 0.3) is 0 Å². The van der Waals surface area contributed by atoms with Gasteiger partial charge in [-0.05, 0) is 75.5 Å². The van der Waals surface area contributed by atoms with Crippen LogP contribution in [0, 0.1) is 11.8 Å². The lowest BCUT2D eigenvalue weighted by atomic mass is 9.78. The lowest BCUT2D eigenvalue weighted by Gasteiger charge is -2.43. The Bertz CT molecular complexity index is 343. The molecule has 3 aliphatic rings. The topological polar surface area (TPSA) is 38.3 Å². The highest BCUT2D eigenvalue weighted by atomic mass is 32.2. The number of carbonyl (C=O) groups excluding carboxylic acids is 1. The zero-order valence-corrected chi connectivity index (χ0v) is 13.9. The van der Waals surface area contributed by atoms with Crippen LogP contribution in [-0.2, 0) is 9.53 Å². The number of ether oxygens (including phenoxy) is 1. The first-order chi connectivity index (χ1) is 10.3. The molecule has 0 aliphatic carbocycles. The van der Waals surface area contributed by atoms with Gasteiger partial charge < -0.3 is 10.1 Å². The van der Waals surface area contributed by atoms with Crippen molar-refractivity contribution < 1.29 is 9.53 Å². The minimum Gasteiger partial charge on any atom is -0.375 e. The summed E-state index contributed by atoms with van der Waals surface area (Å²) in [6.45, 7) is 3.07. The zero-order chi connectivity index (χ0) is 14.5. The highest BCUT2D eigenvalue weighted by Crippen LogP contribution is 2.40. The first-order valence-electron chi connectivity index (χ1n) is 8.73. The predicted molar refractivity (Wildman–Crippen MR) is 87.8 cm³/mol. The van der Waals surface area contributed by atoms with Crippen LogP contribution >= 0.6 is 11.8 Å². The summed E-state index contributed by atoms with van der Waals surface area (Å²) in [6, 6.07) is 0. The van der Waals surface area contributed by atoms with Crippen LogP contribution in [0.15, 0.2) is 0 Å². The van der Waals surface area contributed by atoms with Gasteiger partial charge in [0.15, 0.2) is 0 Å². The van der Waals surface area contributed by atoms with Gasteiger partial charge in [0.05, 0.1) is 5.60 Å². The SMILES string of the molecule is O=C(CCC1CCCNC1)C1CCOC2(CCSCC2)C1. The maximum Gasteiger partial charge on any atom is 0.136 e. The van der Waals surface area contributed by atoms with Crippen LogP contribution < -0.4 is 5.32 Å². The number of hydrogen-bond donors (Lipinski definition) is 1. The van der Waals surface area contributed by atoms with Crippen molar-refractivity contribution in [1.82, 2.24) is 5.32 Å².